The summed E-state index contributed by atoms with van der Waals surface area (Å²) in [6.07, 6.45) is 2.27. The third-order valence-corrected chi connectivity index (χ3v) is 5.03. The second-order valence-electron chi connectivity index (χ2n) is 7.15. The number of ether oxygens (including phenoxy) is 2. The van der Waals surface area contributed by atoms with Crippen LogP contribution in [0.25, 0.3) is 10.9 Å². The van der Waals surface area contributed by atoms with E-state index in [2.05, 4.69) is 20.2 Å². The van der Waals surface area contributed by atoms with Gasteiger partial charge in [0.25, 0.3) is 5.91 Å². The summed E-state index contributed by atoms with van der Waals surface area (Å²) in [6, 6.07) is 15.4. The molecule has 0 unspecified atom stereocenters. The number of anilines is 1. The fourth-order valence-electron chi connectivity index (χ4n) is 3.53. The van der Waals surface area contributed by atoms with E-state index < -0.39 is 0 Å². The zero-order valence-electron chi connectivity index (χ0n) is 17.1. The largest absolute Gasteiger partial charge is 0.494 e. The van der Waals surface area contributed by atoms with E-state index in [4.69, 9.17) is 9.47 Å². The number of hydrogen-bond donors (Lipinski definition) is 1. The van der Waals surface area contributed by atoms with Gasteiger partial charge in [0.15, 0.2) is 6.61 Å². The summed E-state index contributed by atoms with van der Waals surface area (Å²) < 4.78 is 11.4. The Hall–Kier alpha value is -3.35. The zero-order valence-corrected chi connectivity index (χ0v) is 17.1. The topological polar surface area (TPSA) is 76.6 Å². The van der Waals surface area contributed by atoms with Crippen LogP contribution >= 0.6 is 0 Å². The van der Waals surface area contributed by atoms with Gasteiger partial charge in [-0.3, -0.25) is 4.79 Å². The van der Waals surface area contributed by atoms with Gasteiger partial charge in [-0.15, -0.1) is 0 Å². The van der Waals surface area contributed by atoms with Gasteiger partial charge in [0, 0.05) is 25.2 Å². The van der Waals surface area contributed by atoms with Crippen molar-refractivity contribution in [2.75, 3.05) is 31.2 Å². The minimum atomic E-state index is -0.216. The highest BCUT2D eigenvalue weighted by Crippen LogP contribution is 2.27. The van der Waals surface area contributed by atoms with Gasteiger partial charge in [0.2, 0.25) is 11.8 Å². The number of para-hydroxylation sites is 2. The van der Waals surface area contributed by atoms with Crippen molar-refractivity contribution in [3.8, 4) is 11.6 Å². The number of hydrogen-bond acceptors (Lipinski definition) is 6. The number of benzene rings is 2. The summed E-state index contributed by atoms with van der Waals surface area (Å²) >= 11 is 0. The highest BCUT2D eigenvalue weighted by Gasteiger charge is 2.18. The molecule has 0 radical (unpaired) electrons. The first kappa shape index (κ1) is 19.9. The molecule has 0 aliphatic carbocycles. The van der Waals surface area contributed by atoms with Crippen molar-refractivity contribution in [3.05, 3.63) is 54.1 Å². The van der Waals surface area contributed by atoms with Gasteiger partial charge in [-0.25, -0.2) is 4.98 Å². The molecule has 30 heavy (non-hydrogen) atoms. The fraction of sp³-hybridized carbons (Fsp3) is 0.348. The molecular weight excluding hydrogens is 380 g/mol. The summed E-state index contributed by atoms with van der Waals surface area (Å²) in [6.45, 7) is 4.66. The van der Waals surface area contributed by atoms with Crippen molar-refractivity contribution in [1.29, 1.82) is 0 Å². The highest BCUT2D eigenvalue weighted by molar-refractivity contribution is 5.85. The smallest absolute Gasteiger partial charge is 0.258 e. The second kappa shape index (κ2) is 9.43. The van der Waals surface area contributed by atoms with Crippen LogP contribution in [-0.4, -0.2) is 42.2 Å². The normalized spacial score (nSPS) is 13.4. The maximum absolute atomic E-state index is 12.4. The number of nitrogens with zero attached hydrogens (tertiary/aromatic N) is 3. The lowest BCUT2D eigenvalue weighted by atomic mass is 10.2. The molecule has 0 bridgehead atoms. The minimum Gasteiger partial charge on any atom is -0.494 e. The molecule has 7 heteroatoms. The highest BCUT2D eigenvalue weighted by atomic mass is 16.5. The summed E-state index contributed by atoms with van der Waals surface area (Å²) in [7, 11) is 0. The van der Waals surface area contributed by atoms with Gasteiger partial charge in [-0.05, 0) is 38.0 Å². The van der Waals surface area contributed by atoms with Crippen molar-refractivity contribution < 1.29 is 14.3 Å². The summed E-state index contributed by atoms with van der Waals surface area (Å²) in [5.74, 6) is 1.66. The average Bonchev–Trinajstić information content (AvgIpc) is 3.32. The average molecular weight is 406 g/mol. The van der Waals surface area contributed by atoms with Crippen molar-refractivity contribution in [1.82, 2.24) is 15.3 Å². The van der Waals surface area contributed by atoms with E-state index in [1.807, 2.05) is 55.5 Å². The maximum atomic E-state index is 12.4. The fourth-order valence-corrected chi connectivity index (χ4v) is 3.53. The van der Waals surface area contributed by atoms with E-state index in [1.165, 1.54) is 0 Å². The van der Waals surface area contributed by atoms with Gasteiger partial charge in [-0.1, -0.05) is 30.3 Å². The Labute approximate surface area is 176 Å². The summed E-state index contributed by atoms with van der Waals surface area (Å²) in [4.78, 5) is 23.8. The van der Waals surface area contributed by atoms with Gasteiger partial charge in [-0.2, -0.15) is 4.98 Å². The van der Waals surface area contributed by atoms with E-state index >= 15 is 0 Å². The van der Waals surface area contributed by atoms with Crippen molar-refractivity contribution >= 4 is 22.8 Å². The molecule has 1 fully saturated rings. The maximum Gasteiger partial charge on any atom is 0.258 e. The molecule has 0 spiro atoms. The molecule has 1 aliphatic rings. The Morgan fingerprint density at radius 3 is 2.63 bits per heavy atom. The van der Waals surface area contributed by atoms with E-state index in [9.17, 15) is 4.79 Å². The predicted octanol–water partition coefficient (Wildman–Crippen LogP) is 3.32. The van der Waals surface area contributed by atoms with Crippen LogP contribution in [0.2, 0.25) is 0 Å². The van der Waals surface area contributed by atoms with Crippen LogP contribution in [0.1, 0.15) is 25.3 Å². The number of aromatic nitrogens is 2. The van der Waals surface area contributed by atoms with Crippen LogP contribution in [0.4, 0.5) is 5.95 Å². The van der Waals surface area contributed by atoms with Gasteiger partial charge < -0.3 is 19.7 Å². The van der Waals surface area contributed by atoms with Gasteiger partial charge >= 0.3 is 0 Å². The second-order valence-corrected chi connectivity index (χ2v) is 7.15. The molecule has 1 N–H and O–H groups in total. The number of rotatable bonds is 8. The molecule has 7 nitrogen and oxygen atoms in total. The van der Waals surface area contributed by atoms with Crippen LogP contribution in [0.15, 0.2) is 48.5 Å². The van der Waals surface area contributed by atoms with Crippen LogP contribution in [0.5, 0.6) is 11.6 Å². The number of fused-ring (bicyclic) bond motifs is 1. The molecule has 1 aliphatic heterocycles. The number of nitrogens with one attached hydrogen (secondary N) is 1. The first-order valence-corrected chi connectivity index (χ1v) is 10.4. The molecule has 2 aromatic carbocycles. The van der Waals surface area contributed by atoms with Crippen LogP contribution < -0.4 is 19.7 Å². The Morgan fingerprint density at radius 1 is 1.03 bits per heavy atom. The van der Waals surface area contributed by atoms with E-state index in [0.717, 1.165) is 48.1 Å². The Bertz CT molecular complexity index is 1020. The van der Waals surface area contributed by atoms with Crippen molar-refractivity contribution in [3.63, 3.8) is 0 Å². The Balaban J connectivity index is 1.43. The number of carbonyl (C=O) groups excluding carboxylic acids is 1. The third-order valence-electron chi connectivity index (χ3n) is 5.03. The van der Waals surface area contributed by atoms with Crippen LogP contribution in [0.3, 0.4) is 0 Å². The standard InChI is InChI=1S/C23H26N4O3/c1-2-29-20-12-6-3-9-17(20)15-24-21(28)16-30-22-18-10-4-5-11-19(18)25-23(26-22)27-13-7-8-14-27/h3-6,9-12H,2,7-8,13-16H2,1H3,(H,24,28). The Kier molecular flexibility index (Phi) is 6.27. The molecule has 3 aromatic rings. The molecule has 0 atom stereocenters. The lowest BCUT2D eigenvalue weighted by Gasteiger charge is -2.17. The molecule has 1 aromatic heterocycles. The summed E-state index contributed by atoms with van der Waals surface area (Å²) in [5, 5.41) is 3.69. The lowest BCUT2D eigenvalue weighted by molar-refractivity contribution is -0.123. The molecule has 0 saturated carbocycles. The van der Waals surface area contributed by atoms with E-state index in [-0.39, 0.29) is 12.5 Å². The zero-order chi connectivity index (χ0) is 20.8. The summed E-state index contributed by atoms with van der Waals surface area (Å²) in [5.41, 5.74) is 1.74. The number of amides is 1. The van der Waals surface area contributed by atoms with Crippen LogP contribution in [0, 0.1) is 0 Å². The monoisotopic (exact) mass is 406 g/mol. The van der Waals surface area contributed by atoms with Gasteiger partial charge in [0.05, 0.1) is 17.5 Å². The Morgan fingerprint density at radius 2 is 1.80 bits per heavy atom. The molecule has 1 amide bonds. The number of carbonyl (C=O) groups is 1. The predicted molar refractivity (Wildman–Crippen MR) is 116 cm³/mol. The molecule has 4 rings (SSSR count). The first-order valence-electron chi connectivity index (χ1n) is 10.4. The van der Waals surface area contributed by atoms with Gasteiger partial charge in [0.1, 0.15) is 5.75 Å². The van der Waals surface area contributed by atoms with Crippen molar-refractivity contribution in [2.24, 2.45) is 0 Å². The van der Waals surface area contributed by atoms with Crippen molar-refractivity contribution in [2.45, 2.75) is 26.3 Å². The van der Waals surface area contributed by atoms with Crippen LogP contribution in [-0.2, 0) is 11.3 Å². The molecule has 1 saturated heterocycles. The molecule has 2 heterocycles. The van der Waals surface area contributed by atoms with E-state index in [1.54, 1.807) is 0 Å². The van der Waals surface area contributed by atoms with E-state index in [0.29, 0.717) is 25.0 Å². The third kappa shape index (κ3) is 4.62. The lowest BCUT2D eigenvalue weighted by Crippen LogP contribution is -2.29. The first-order chi connectivity index (χ1) is 14.7. The molecule has 156 valence electrons. The SMILES string of the molecule is CCOc1ccccc1CNC(=O)COc1nc(N2CCCC2)nc2ccccc12. The minimum absolute atomic E-state index is 0.114. The quantitative estimate of drug-likeness (QED) is 0.618. The molecular formula is C23H26N4O3.